The van der Waals surface area contributed by atoms with E-state index in [2.05, 4.69) is 11.2 Å². The molecule has 9 nitrogen and oxygen atoms in total. The highest BCUT2D eigenvalue weighted by Gasteiger charge is 2.77. The molecule has 4 heterocycles. The molecule has 5 atom stereocenters. The molecule has 9 heteroatoms. The topological polar surface area (TPSA) is 128 Å². The number of aromatic amines is 1. The number of carbonyl (C=O) groups is 2. The Kier molecular flexibility index (Phi) is 4.60. The number of rotatable bonds is 4. The van der Waals surface area contributed by atoms with E-state index in [1.807, 2.05) is 30.3 Å². The molecule has 190 valence electrons. The standard InChI is InChI=1S/C29H24N4O5/c1-28-22(34)14-29(38-28,12-13-32-25(35)18-8-4-5-9-20(18)31-32)24-23(28)26(36)33(27(24)37)21-11-10-16-6-2-3-7-17(16)19(21)15-30/h2-11,22-24,31,34H,12-14H2,1H3. The van der Waals surface area contributed by atoms with Crippen LogP contribution in [0.1, 0.15) is 25.3 Å². The van der Waals surface area contributed by atoms with E-state index in [0.717, 1.165) is 10.3 Å². The Morgan fingerprint density at radius 1 is 1.03 bits per heavy atom. The van der Waals surface area contributed by atoms with Crippen LogP contribution in [0.25, 0.3) is 21.7 Å². The average molecular weight is 509 g/mol. The van der Waals surface area contributed by atoms with Crippen molar-refractivity contribution >= 4 is 39.2 Å². The highest BCUT2D eigenvalue weighted by atomic mass is 16.6. The summed E-state index contributed by atoms with van der Waals surface area (Å²) in [4.78, 5) is 41.9. The Balaban J connectivity index is 1.29. The molecule has 0 saturated carbocycles. The first-order valence-electron chi connectivity index (χ1n) is 12.6. The molecule has 3 saturated heterocycles. The SMILES string of the molecule is CC12OC(CCn3[nH]c4ccccc4c3=O)(CC1O)C1C(=O)N(c3ccc4ccccc4c3C#N)C(=O)C12. The number of nitrogens with zero attached hydrogens (tertiary/aromatic N) is 3. The van der Waals surface area contributed by atoms with Crippen molar-refractivity contribution in [2.24, 2.45) is 11.8 Å². The fourth-order valence-corrected chi connectivity index (χ4v) is 6.99. The normalized spacial score (nSPS) is 29.9. The number of nitriles is 1. The number of anilines is 1. The Hall–Kier alpha value is -4.26. The van der Waals surface area contributed by atoms with Crippen LogP contribution in [0.15, 0.2) is 65.5 Å². The molecule has 0 spiro atoms. The lowest BCUT2D eigenvalue weighted by atomic mass is 9.66. The molecule has 2 bridgehead atoms. The number of benzene rings is 3. The van der Waals surface area contributed by atoms with Crippen LogP contribution in [0, 0.1) is 23.2 Å². The molecule has 2 N–H and O–H groups in total. The average Bonchev–Trinajstić information content (AvgIpc) is 3.57. The van der Waals surface area contributed by atoms with Crippen LogP contribution in [0.3, 0.4) is 0 Å². The molecule has 4 aromatic rings. The first kappa shape index (κ1) is 22.9. The van der Waals surface area contributed by atoms with Gasteiger partial charge in [0.15, 0.2) is 0 Å². The van der Waals surface area contributed by atoms with E-state index in [-0.39, 0.29) is 36.2 Å². The van der Waals surface area contributed by atoms with Crippen molar-refractivity contribution in [1.82, 2.24) is 9.78 Å². The van der Waals surface area contributed by atoms with Crippen LogP contribution in [-0.2, 0) is 20.9 Å². The number of H-pyrrole nitrogens is 1. The van der Waals surface area contributed by atoms with Crippen LogP contribution >= 0.6 is 0 Å². The predicted molar refractivity (Wildman–Crippen MR) is 138 cm³/mol. The van der Waals surface area contributed by atoms with Crippen molar-refractivity contribution in [3.8, 4) is 6.07 Å². The number of aromatic nitrogens is 2. The van der Waals surface area contributed by atoms with Gasteiger partial charge < -0.3 is 9.84 Å². The number of hydrogen-bond donors (Lipinski definition) is 2. The van der Waals surface area contributed by atoms with Crippen molar-refractivity contribution in [2.75, 3.05) is 4.90 Å². The number of aliphatic hydroxyl groups excluding tert-OH is 1. The van der Waals surface area contributed by atoms with Gasteiger partial charge in [0.25, 0.3) is 5.56 Å². The van der Waals surface area contributed by atoms with Gasteiger partial charge in [-0.2, -0.15) is 5.26 Å². The summed E-state index contributed by atoms with van der Waals surface area (Å²) >= 11 is 0. The smallest absolute Gasteiger partial charge is 0.274 e. The molecule has 7 rings (SSSR count). The van der Waals surface area contributed by atoms with Crippen LogP contribution < -0.4 is 10.5 Å². The van der Waals surface area contributed by atoms with Gasteiger partial charge in [0.05, 0.1) is 45.7 Å². The number of fused-ring (bicyclic) bond motifs is 7. The number of aryl methyl sites for hydroxylation is 1. The van der Waals surface area contributed by atoms with Crippen molar-refractivity contribution in [3.63, 3.8) is 0 Å². The van der Waals surface area contributed by atoms with E-state index in [0.29, 0.717) is 16.3 Å². The second-order valence-electron chi connectivity index (χ2n) is 10.7. The highest BCUT2D eigenvalue weighted by Crippen LogP contribution is 2.62. The lowest BCUT2D eigenvalue weighted by Gasteiger charge is -2.33. The molecule has 3 fully saturated rings. The maximum atomic E-state index is 14.0. The lowest BCUT2D eigenvalue weighted by molar-refractivity contribution is -0.133. The number of imide groups is 1. The Labute approximate surface area is 216 Å². The summed E-state index contributed by atoms with van der Waals surface area (Å²) in [5.41, 5.74) is -1.35. The second kappa shape index (κ2) is 7.63. The number of nitrogens with one attached hydrogen (secondary N) is 1. The molecule has 2 amide bonds. The largest absolute Gasteiger partial charge is 0.390 e. The zero-order valence-electron chi connectivity index (χ0n) is 20.5. The monoisotopic (exact) mass is 508 g/mol. The number of hydrogen-bond acceptors (Lipinski definition) is 6. The van der Waals surface area contributed by atoms with Gasteiger partial charge in [0.1, 0.15) is 11.7 Å². The van der Waals surface area contributed by atoms with Crippen molar-refractivity contribution in [2.45, 2.75) is 43.6 Å². The van der Waals surface area contributed by atoms with Crippen molar-refractivity contribution < 1.29 is 19.4 Å². The Bertz CT molecular complexity index is 1780. The summed E-state index contributed by atoms with van der Waals surface area (Å²) in [6.07, 6.45) is -0.523. The number of amides is 2. The summed E-state index contributed by atoms with van der Waals surface area (Å²) in [6.45, 7) is 1.90. The van der Waals surface area contributed by atoms with E-state index in [4.69, 9.17) is 4.74 Å². The minimum Gasteiger partial charge on any atom is -0.390 e. The van der Waals surface area contributed by atoms with Gasteiger partial charge in [0, 0.05) is 18.4 Å². The van der Waals surface area contributed by atoms with E-state index in [1.165, 1.54) is 4.68 Å². The van der Waals surface area contributed by atoms with E-state index < -0.39 is 41.0 Å². The molecule has 0 radical (unpaired) electrons. The van der Waals surface area contributed by atoms with Crippen molar-refractivity contribution in [1.29, 1.82) is 5.26 Å². The first-order chi connectivity index (χ1) is 18.3. The number of carbonyl (C=O) groups excluding carboxylic acids is 2. The summed E-state index contributed by atoms with van der Waals surface area (Å²) in [7, 11) is 0. The molecular weight excluding hydrogens is 484 g/mol. The maximum absolute atomic E-state index is 14.0. The van der Waals surface area contributed by atoms with Gasteiger partial charge in [-0.15, -0.1) is 0 Å². The third-order valence-electron chi connectivity index (χ3n) is 8.79. The van der Waals surface area contributed by atoms with E-state index in [9.17, 15) is 24.8 Å². The Morgan fingerprint density at radius 2 is 1.74 bits per heavy atom. The second-order valence-corrected chi connectivity index (χ2v) is 10.7. The quantitative estimate of drug-likeness (QED) is 0.408. The molecular formula is C29H24N4O5. The van der Waals surface area contributed by atoms with Gasteiger partial charge in [-0.3, -0.25) is 24.2 Å². The number of ether oxygens (including phenoxy) is 1. The fraction of sp³-hybridized carbons (Fsp3) is 0.310. The maximum Gasteiger partial charge on any atom is 0.274 e. The molecule has 38 heavy (non-hydrogen) atoms. The number of aliphatic hydroxyl groups is 1. The van der Waals surface area contributed by atoms with E-state index >= 15 is 0 Å². The molecule has 0 aliphatic carbocycles. The first-order valence-corrected chi connectivity index (χ1v) is 12.6. The summed E-state index contributed by atoms with van der Waals surface area (Å²) in [6, 6.07) is 20.1. The minimum absolute atomic E-state index is 0.176. The summed E-state index contributed by atoms with van der Waals surface area (Å²) in [5.74, 6) is -2.64. The van der Waals surface area contributed by atoms with E-state index in [1.54, 1.807) is 37.3 Å². The van der Waals surface area contributed by atoms with Crippen molar-refractivity contribution in [3.05, 3.63) is 76.6 Å². The lowest BCUT2D eigenvalue weighted by Crippen LogP contribution is -2.49. The summed E-state index contributed by atoms with van der Waals surface area (Å²) < 4.78 is 7.88. The van der Waals surface area contributed by atoms with Crippen LogP contribution in [-0.4, -0.2) is 44.0 Å². The van der Waals surface area contributed by atoms with Gasteiger partial charge in [0.2, 0.25) is 11.8 Å². The summed E-state index contributed by atoms with van der Waals surface area (Å²) in [5, 5.41) is 26.2. The predicted octanol–water partition coefficient (Wildman–Crippen LogP) is 2.84. The molecule has 1 aromatic heterocycles. The third kappa shape index (κ3) is 2.79. The highest BCUT2D eigenvalue weighted by molar-refractivity contribution is 6.24. The van der Waals surface area contributed by atoms with Crippen LogP contribution in [0.4, 0.5) is 5.69 Å². The van der Waals surface area contributed by atoms with Crippen LogP contribution in [0.5, 0.6) is 0 Å². The molecule has 3 aliphatic rings. The number of para-hydroxylation sites is 1. The molecule has 3 aromatic carbocycles. The van der Waals surface area contributed by atoms with Gasteiger partial charge >= 0.3 is 0 Å². The fourth-order valence-electron chi connectivity index (χ4n) is 6.99. The molecule has 3 aliphatic heterocycles. The molecule has 5 unspecified atom stereocenters. The van der Waals surface area contributed by atoms with Gasteiger partial charge in [-0.25, -0.2) is 4.90 Å². The van der Waals surface area contributed by atoms with Gasteiger partial charge in [-0.1, -0.05) is 42.5 Å². The minimum atomic E-state index is -1.25. The Morgan fingerprint density at radius 3 is 2.50 bits per heavy atom. The third-order valence-corrected chi connectivity index (χ3v) is 8.79. The van der Waals surface area contributed by atoms with Gasteiger partial charge in [-0.05, 0) is 36.9 Å². The van der Waals surface area contributed by atoms with Crippen LogP contribution in [0.2, 0.25) is 0 Å². The zero-order valence-corrected chi connectivity index (χ0v) is 20.5. The zero-order chi connectivity index (χ0) is 26.4.